The van der Waals surface area contributed by atoms with Crippen LogP contribution in [0.3, 0.4) is 0 Å². The van der Waals surface area contributed by atoms with Crippen LogP contribution in [-0.2, 0) is 25.9 Å². The number of ether oxygens (including phenoxy) is 6. The molecular formula is C61H70N10O11S. The predicted molar refractivity (Wildman–Crippen MR) is 310 cm³/mol. The first kappa shape index (κ1) is 53.7. The third-order valence-corrected chi connectivity index (χ3v) is 20.1. The van der Waals surface area contributed by atoms with Gasteiger partial charge in [-0.25, -0.2) is 13.1 Å². The molecule has 8 aliphatic rings. The third-order valence-electron chi connectivity index (χ3n) is 18.8. The van der Waals surface area contributed by atoms with Crippen molar-refractivity contribution < 1.29 is 46.6 Å². The lowest BCUT2D eigenvalue weighted by Crippen LogP contribution is -2.61. The van der Waals surface area contributed by atoms with E-state index in [0.717, 1.165) is 112 Å². The number of para-hydroxylation sites is 1. The summed E-state index contributed by atoms with van der Waals surface area (Å²) >= 11 is 0. The van der Waals surface area contributed by atoms with E-state index in [1.54, 1.807) is 12.3 Å². The zero-order chi connectivity index (χ0) is 56.6. The van der Waals surface area contributed by atoms with Crippen LogP contribution in [0.1, 0.15) is 86.3 Å². The van der Waals surface area contributed by atoms with Gasteiger partial charge in [-0.15, -0.1) is 0 Å². The number of fused-ring (bicyclic) bond motifs is 5. The van der Waals surface area contributed by atoms with Crippen molar-refractivity contribution in [2.45, 2.75) is 113 Å². The van der Waals surface area contributed by atoms with Crippen molar-refractivity contribution in [3.8, 4) is 23.1 Å². The summed E-state index contributed by atoms with van der Waals surface area (Å²) in [5, 5.41) is 16.7. The molecule has 3 aromatic heterocycles. The molecule has 0 bridgehead atoms. The van der Waals surface area contributed by atoms with Crippen molar-refractivity contribution in [2.24, 2.45) is 11.3 Å². The van der Waals surface area contributed by atoms with Crippen LogP contribution in [0.5, 0.6) is 23.1 Å². The summed E-state index contributed by atoms with van der Waals surface area (Å²) in [6, 6.07) is 22.5. The molecule has 21 nitrogen and oxygen atoms in total. The van der Waals surface area contributed by atoms with Crippen molar-refractivity contribution in [2.75, 3.05) is 87.5 Å². The fourth-order valence-corrected chi connectivity index (χ4v) is 15.5. The van der Waals surface area contributed by atoms with E-state index in [4.69, 9.17) is 33.4 Å². The predicted octanol–water partition coefficient (Wildman–Crippen LogP) is 8.17. The van der Waals surface area contributed by atoms with Gasteiger partial charge in [0.2, 0.25) is 5.88 Å². The van der Waals surface area contributed by atoms with E-state index in [1.165, 1.54) is 11.6 Å². The number of piperazine rings is 1. The first-order valence-electron chi connectivity index (χ1n) is 29.4. The Kier molecular flexibility index (Phi) is 14.1. The van der Waals surface area contributed by atoms with Gasteiger partial charge < -0.3 is 48.5 Å². The number of rotatable bonds is 12. The normalized spacial score (nSPS) is 24.7. The van der Waals surface area contributed by atoms with Crippen LogP contribution in [0.2, 0.25) is 0 Å². The van der Waals surface area contributed by atoms with Gasteiger partial charge in [0.1, 0.15) is 42.2 Å². The zero-order valence-electron chi connectivity index (χ0n) is 46.7. The molecule has 1 aliphatic carbocycles. The summed E-state index contributed by atoms with van der Waals surface area (Å²) in [6.45, 7) is 11.2. The van der Waals surface area contributed by atoms with Gasteiger partial charge in [-0.05, 0) is 119 Å². The minimum atomic E-state index is -4.72. The number of hydrogen-bond acceptors (Lipinski definition) is 18. The van der Waals surface area contributed by atoms with Crippen LogP contribution in [0.25, 0.3) is 11.0 Å². The van der Waals surface area contributed by atoms with Crippen molar-refractivity contribution in [3.05, 3.63) is 118 Å². The Bertz CT molecular complexity index is 3560. The average molecular weight is 1150 g/mol. The number of sulfonamides is 1. The lowest BCUT2D eigenvalue weighted by molar-refractivity contribution is -0.384. The van der Waals surface area contributed by atoms with E-state index in [2.05, 4.69) is 77.7 Å². The summed E-state index contributed by atoms with van der Waals surface area (Å²) in [4.78, 5) is 48.8. The van der Waals surface area contributed by atoms with Crippen molar-refractivity contribution in [3.63, 3.8) is 0 Å². The molecule has 83 heavy (non-hydrogen) atoms. The number of H-pyrrole nitrogens is 1. The van der Waals surface area contributed by atoms with E-state index < -0.39 is 37.5 Å². The molecule has 6 aromatic rings. The highest BCUT2D eigenvalue weighted by molar-refractivity contribution is 7.90. The molecule has 1 amide bonds. The van der Waals surface area contributed by atoms with Crippen molar-refractivity contribution >= 4 is 55.4 Å². The first-order valence-corrected chi connectivity index (χ1v) is 30.9. The molecule has 1 saturated carbocycles. The number of carbonyl (C=O) groups is 1. The molecule has 0 unspecified atom stereocenters. The van der Waals surface area contributed by atoms with Crippen LogP contribution in [0.15, 0.2) is 96.3 Å². The highest BCUT2D eigenvalue weighted by Gasteiger charge is 2.51. The minimum absolute atomic E-state index is 0.0243. The third kappa shape index (κ3) is 10.2. The number of amides is 1. The number of piperidine rings is 1. The van der Waals surface area contributed by atoms with Gasteiger partial charge in [0, 0.05) is 118 Å². The quantitative estimate of drug-likeness (QED) is 0.0775. The van der Waals surface area contributed by atoms with Crippen LogP contribution >= 0.6 is 0 Å². The van der Waals surface area contributed by atoms with Gasteiger partial charge in [-0.2, -0.15) is 4.98 Å². The van der Waals surface area contributed by atoms with Crippen LogP contribution in [0.4, 0.5) is 28.4 Å². The number of nitro groups is 1. The number of pyridine rings is 2. The lowest BCUT2D eigenvalue weighted by Gasteiger charge is -2.58. The van der Waals surface area contributed by atoms with E-state index >= 15 is 0 Å². The van der Waals surface area contributed by atoms with Gasteiger partial charge in [-0.1, -0.05) is 18.2 Å². The number of benzene rings is 3. The monoisotopic (exact) mass is 1150 g/mol. The summed E-state index contributed by atoms with van der Waals surface area (Å²) in [6.07, 6.45) is 12.3. The largest absolute Gasteiger partial charge is 0.492 e. The second-order valence-electron chi connectivity index (χ2n) is 24.1. The Hall–Kier alpha value is -7.24. The maximum atomic E-state index is 15.0. The second-order valence-corrected chi connectivity index (χ2v) is 25.7. The fraction of sp³-hybridized carbons (Fsp3) is 0.492. The number of nitrogens with one attached hydrogen (secondary N) is 3. The molecular weight excluding hydrogens is 1080 g/mol. The second kappa shape index (κ2) is 21.7. The van der Waals surface area contributed by atoms with E-state index in [9.17, 15) is 23.3 Å². The van der Waals surface area contributed by atoms with Crippen LogP contribution < -0.4 is 38.8 Å². The van der Waals surface area contributed by atoms with E-state index in [0.29, 0.717) is 61.8 Å². The molecule has 14 rings (SSSR count). The molecule has 436 valence electrons. The van der Waals surface area contributed by atoms with Gasteiger partial charge in [0.15, 0.2) is 11.4 Å². The molecule has 5 fully saturated rings. The summed E-state index contributed by atoms with van der Waals surface area (Å²) < 4.78 is 68.2. The number of nitrogens with zero attached hydrogens (tertiary/aromatic N) is 7. The maximum Gasteiger partial charge on any atom is 0.297 e. The summed E-state index contributed by atoms with van der Waals surface area (Å²) in [7, 11) is -4.72. The fourth-order valence-electron chi connectivity index (χ4n) is 14.5. The number of carbonyl (C=O) groups excluding carboxylic acids is 1. The van der Waals surface area contributed by atoms with E-state index in [-0.39, 0.29) is 71.8 Å². The Labute approximate surface area is 482 Å². The number of aromatic amines is 1. The molecule has 7 aliphatic heterocycles. The topological polar surface area (TPSA) is 228 Å². The lowest BCUT2D eigenvalue weighted by atomic mass is 9.59. The standard InChI is InChI=1S/C61H70N10O11S/c1-37(2)81-54-6-4-3-5-45(54)52-33-68(42-25-40-32-62-16-10-53(40)79-34-42)20-21-69(52)43-30-61(31-43)14-18-67(19-15-61)41-7-8-46(49(27-41)70-48-13-24-78-36-56(48)82-60-51(70)26-39-9-17-63-58(39)65-60)59(72)66-83(75,76)44-28-50(71(73)74)57-55(29-44)80-35-47(64-57)38-11-22-77-23-12-38/h3-10,16-17,26-29,32,37-38,42-43,47-48,52,56,64H,11-15,18-25,30-31,33-36H2,1-2H3,(H,63,65)(H,66,72)/t42-,47-,48-,52-,56-/m0/s1. The highest BCUT2D eigenvalue weighted by Crippen LogP contribution is 2.54. The molecule has 3 aromatic carbocycles. The molecule has 4 saturated heterocycles. The van der Waals surface area contributed by atoms with Gasteiger partial charge in [-0.3, -0.25) is 29.7 Å². The molecule has 22 heteroatoms. The van der Waals surface area contributed by atoms with Crippen LogP contribution in [0, 0.1) is 21.4 Å². The average Bonchev–Trinajstić information content (AvgIpc) is 4.07. The van der Waals surface area contributed by atoms with Crippen molar-refractivity contribution in [1.82, 2.24) is 29.5 Å². The van der Waals surface area contributed by atoms with Crippen molar-refractivity contribution in [1.29, 1.82) is 0 Å². The zero-order valence-corrected chi connectivity index (χ0v) is 47.6. The SMILES string of the molecule is CC(C)Oc1ccccc1[C@@H]1CN([C@@H]2COc3ccncc3C2)CCN1C1CC2(CCN(c3ccc(C(=O)NS(=O)(=O)c4cc5c(c([N+](=O)[O-])c4)N[C@H](C4CCOCC4)CO5)c(N4c5cc6cc[nH]c6nc5O[C@H]5COCC[C@@H]54)c3)CC2)C1. The smallest absolute Gasteiger partial charge is 0.297 e. The molecule has 0 radical (unpaired) electrons. The summed E-state index contributed by atoms with van der Waals surface area (Å²) in [5.74, 6) is 1.52. The Balaban J connectivity index is 0.735. The molecule has 10 heterocycles. The number of aromatic nitrogens is 3. The number of nitro benzene ring substituents is 1. The molecule has 1 spiro atoms. The van der Waals surface area contributed by atoms with Gasteiger partial charge in [0.25, 0.3) is 21.6 Å². The van der Waals surface area contributed by atoms with Gasteiger partial charge >= 0.3 is 0 Å². The van der Waals surface area contributed by atoms with E-state index in [1.807, 2.05) is 42.7 Å². The summed E-state index contributed by atoms with van der Waals surface area (Å²) in [5.41, 5.74) is 4.94. The maximum absolute atomic E-state index is 15.0. The van der Waals surface area contributed by atoms with Crippen LogP contribution in [-0.4, -0.2) is 153 Å². The van der Waals surface area contributed by atoms with Gasteiger partial charge in [0.05, 0.1) is 51.9 Å². The number of hydrogen-bond donors (Lipinski definition) is 3. The Morgan fingerprint density at radius 1 is 0.892 bits per heavy atom. The first-order chi connectivity index (χ1) is 40.3. The highest BCUT2D eigenvalue weighted by atomic mass is 32.2. The molecule has 5 atom stereocenters. The molecule has 3 N–H and O–H groups in total. The minimum Gasteiger partial charge on any atom is -0.492 e. The Morgan fingerprint density at radius 3 is 2.54 bits per heavy atom. The number of anilines is 4. The Morgan fingerprint density at radius 2 is 1.71 bits per heavy atom.